The van der Waals surface area contributed by atoms with Crippen molar-refractivity contribution in [2.75, 3.05) is 26.3 Å². The van der Waals surface area contributed by atoms with E-state index in [0.29, 0.717) is 18.6 Å². The van der Waals surface area contributed by atoms with Gasteiger partial charge in [-0.05, 0) is 43.4 Å². The second kappa shape index (κ2) is 6.17. The van der Waals surface area contributed by atoms with Crippen molar-refractivity contribution in [3.63, 3.8) is 0 Å². The van der Waals surface area contributed by atoms with Crippen molar-refractivity contribution in [3.8, 4) is 0 Å². The van der Waals surface area contributed by atoms with Gasteiger partial charge in [0.05, 0.1) is 12.7 Å². The molecule has 0 aromatic carbocycles. The van der Waals surface area contributed by atoms with Gasteiger partial charge < -0.3 is 15.2 Å². The van der Waals surface area contributed by atoms with Crippen LogP contribution >= 0.6 is 0 Å². The van der Waals surface area contributed by atoms with Crippen molar-refractivity contribution in [1.29, 1.82) is 0 Å². The molecule has 2 aliphatic carbocycles. The summed E-state index contributed by atoms with van der Waals surface area (Å²) in [5.74, 6) is 0.787. The summed E-state index contributed by atoms with van der Waals surface area (Å²) in [5.41, 5.74) is 0.573. The molecule has 2 aliphatic rings. The summed E-state index contributed by atoms with van der Waals surface area (Å²) >= 11 is 0. The van der Waals surface area contributed by atoms with Gasteiger partial charge in [-0.3, -0.25) is 0 Å². The maximum Gasteiger partial charge on any atom is 0.0897 e. The molecule has 2 fully saturated rings. The molecular weight excluding hydrogens is 214 g/mol. The number of nitrogens with one attached hydrogen (secondary N) is 1. The van der Waals surface area contributed by atoms with E-state index >= 15 is 0 Å². The number of aliphatic hydroxyl groups is 1. The second-order valence-corrected chi connectivity index (χ2v) is 6.02. The molecule has 0 aromatic heterocycles. The van der Waals surface area contributed by atoms with Gasteiger partial charge in [0.2, 0.25) is 0 Å². The molecule has 2 N–H and O–H groups in total. The van der Waals surface area contributed by atoms with Crippen LogP contribution in [0, 0.1) is 11.3 Å². The Balaban J connectivity index is 1.46. The van der Waals surface area contributed by atoms with Crippen LogP contribution < -0.4 is 5.32 Å². The lowest BCUT2D eigenvalue weighted by Gasteiger charge is -2.17. The first-order chi connectivity index (χ1) is 8.24. The third-order valence-corrected chi connectivity index (χ3v) is 3.98. The second-order valence-electron chi connectivity index (χ2n) is 6.02. The maximum absolute atomic E-state index is 9.74. The number of hydrogen-bond acceptors (Lipinski definition) is 3. The van der Waals surface area contributed by atoms with E-state index in [-0.39, 0.29) is 6.10 Å². The third kappa shape index (κ3) is 4.94. The monoisotopic (exact) mass is 241 g/mol. The van der Waals surface area contributed by atoms with Gasteiger partial charge in [0.1, 0.15) is 0 Å². The van der Waals surface area contributed by atoms with Crippen molar-refractivity contribution in [1.82, 2.24) is 5.32 Å². The van der Waals surface area contributed by atoms with Crippen LogP contribution in [0.1, 0.15) is 45.4 Å². The van der Waals surface area contributed by atoms with Crippen LogP contribution in [0.3, 0.4) is 0 Å². The average molecular weight is 241 g/mol. The van der Waals surface area contributed by atoms with Crippen molar-refractivity contribution >= 4 is 0 Å². The molecule has 0 saturated heterocycles. The van der Waals surface area contributed by atoms with E-state index in [0.717, 1.165) is 19.1 Å². The topological polar surface area (TPSA) is 41.5 Å². The van der Waals surface area contributed by atoms with Crippen molar-refractivity contribution in [2.24, 2.45) is 11.3 Å². The van der Waals surface area contributed by atoms with Crippen LogP contribution in [0.4, 0.5) is 0 Å². The van der Waals surface area contributed by atoms with Gasteiger partial charge in [-0.15, -0.1) is 0 Å². The van der Waals surface area contributed by atoms with Crippen LogP contribution in [0.5, 0.6) is 0 Å². The molecular formula is C14H27NO2. The molecule has 0 bridgehead atoms. The normalized spacial score (nSPS) is 23.6. The molecule has 1 atom stereocenters. The molecule has 17 heavy (non-hydrogen) atoms. The maximum atomic E-state index is 9.74. The van der Waals surface area contributed by atoms with Crippen LogP contribution in [-0.2, 0) is 4.74 Å². The van der Waals surface area contributed by atoms with Gasteiger partial charge in [0, 0.05) is 19.7 Å². The largest absolute Gasteiger partial charge is 0.389 e. The highest BCUT2D eigenvalue weighted by molar-refractivity contribution is 4.94. The standard InChI is InChI=1S/C14H27NO2/c1-2-5-14(6-7-14)11-15-8-13(16)10-17-9-12-3-4-12/h12-13,15-16H,2-11H2,1H3. The van der Waals surface area contributed by atoms with Crippen LogP contribution in [-0.4, -0.2) is 37.5 Å². The Morgan fingerprint density at radius 2 is 2.18 bits per heavy atom. The Bertz CT molecular complexity index is 224. The van der Waals surface area contributed by atoms with Gasteiger partial charge in [-0.25, -0.2) is 0 Å². The Morgan fingerprint density at radius 3 is 2.76 bits per heavy atom. The lowest BCUT2D eigenvalue weighted by Crippen LogP contribution is -2.34. The quantitative estimate of drug-likeness (QED) is 0.614. The average Bonchev–Trinajstić information content (AvgIpc) is 3.16. The molecule has 0 amide bonds. The summed E-state index contributed by atoms with van der Waals surface area (Å²) in [5, 5.41) is 13.1. The smallest absolute Gasteiger partial charge is 0.0897 e. The summed E-state index contributed by atoms with van der Waals surface area (Å²) < 4.78 is 5.48. The van der Waals surface area contributed by atoms with E-state index in [4.69, 9.17) is 4.74 Å². The predicted octanol–water partition coefficient (Wildman–Crippen LogP) is 1.94. The van der Waals surface area contributed by atoms with Crippen LogP contribution in [0.25, 0.3) is 0 Å². The summed E-state index contributed by atoms with van der Waals surface area (Å²) in [6.45, 7) is 5.33. The SMILES string of the molecule is CCCC1(CNCC(O)COCC2CC2)CC1. The third-order valence-electron chi connectivity index (χ3n) is 3.98. The first-order valence-corrected chi connectivity index (χ1v) is 7.21. The van der Waals surface area contributed by atoms with E-state index in [1.165, 1.54) is 38.5 Å². The number of ether oxygens (including phenoxy) is 1. The first-order valence-electron chi connectivity index (χ1n) is 7.21. The Morgan fingerprint density at radius 1 is 1.41 bits per heavy atom. The zero-order valence-electron chi connectivity index (χ0n) is 11.1. The van der Waals surface area contributed by atoms with Crippen molar-refractivity contribution in [2.45, 2.75) is 51.6 Å². The minimum atomic E-state index is -0.342. The fourth-order valence-electron chi connectivity index (χ4n) is 2.44. The number of hydrogen-bond donors (Lipinski definition) is 2. The van der Waals surface area contributed by atoms with Gasteiger partial charge in [-0.2, -0.15) is 0 Å². The fourth-order valence-corrected chi connectivity index (χ4v) is 2.44. The Labute approximate surface area is 105 Å². The van der Waals surface area contributed by atoms with E-state index in [9.17, 15) is 5.11 Å². The van der Waals surface area contributed by atoms with Gasteiger partial charge >= 0.3 is 0 Å². The molecule has 0 aliphatic heterocycles. The first kappa shape index (κ1) is 13.3. The molecule has 3 nitrogen and oxygen atoms in total. The summed E-state index contributed by atoms with van der Waals surface area (Å²) in [4.78, 5) is 0. The van der Waals surface area contributed by atoms with E-state index in [2.05, 4.69) is 12.2 Å². The molecule has 0 aromatic rings. The molecule has 1 unspecified atom stereocenters. The summed E-state index contributed by atoms with van der Waals surface area (Å²) in [6.07, 6.45) is 7.61. The van der Waals surface area contributed by atoms with Gasteiger partial charge in [0.25, 0.3) is 0 Å². The lowest BCUT2D eigenvalue weighted by molar-refractivity contribution is 0.0320. The van der Waals surface area contributed by atoms with Crippen molar-refractivity contribution < 1.29 is 9.84 Å². The molecule has 0 spiro atoms. The molecule has 2 saturated carbocycles. The van der Waals surface area contributed by atoms with Crippen molar-refractivity contribution in [3.05, 3.63) is 0 Å². The minimum absolute atomic E-state index is 0.342. The minimum Gasteiger partial charge on any atom is -0.389 e. The Hall–Kier alpha value is -0.120. The highest BCUT2D eigenvalue weighted by Gasteiger charge is 2.40. The van der Waals surface area contributed by atoms with E-state index in [1.807, 2.05) is 0 Å². The summed E-state index contributed by atoms with van der Waals surface area (Å²) in [6, 6.07) is 0. The number of rotatable bonds is 10. The zero-order valence-corrected chi connectivity index (χ0v) is 11.1. The lowest BCUT2D eigenvalue weighted by atomic mass is 10.0. The molecule has 0 heterocycles. The highest BCUT2D eigenvalue weighted by Crippen LogP contribution is 2.48. The number of aliphatic hydroxyl groups excluding tert-OH is 1. The molecule has 3 heteroatoms. The molecule has 0 radical (unpaired) electrons. The van der Waals surface area contributed by atoms with E-state index in [1.54, 1.807) is 0 Å². The van der Waals surface area contributed by atoms with E-state index < -0.39 is 0 Å². The van der Waals surface area contributed by atoms with Crippen LogP contribution in [0.2, 0.25) is 0 Å². The fraction of sp³-hybridized carbons (Fsp3) is 1.00. The summed E-state index contributed by atoms with van der Waals surface area (Å²) in [7, 11) is 0. The predicted molar refractivity (Wildman–Crippen MR) is 69.0 cm³/mol. The van der Waals surface area contributed by atoms with Gasteiger partial charge in [-0.1, -0.05) is 13.3 Å². The molecule has 100 valence electrons. The zero-order chi connectivity index (χ0) is 12.1. The van der Waals surface area contributed by atoms with Gasteiger partial charge in [0.15, 0.2) is 0 Å². The van der Waals surface area contributed by atoms with Crippen LogP contribution in [0.15, 0.2) is 0 Å². The highest BCUT2D eigenvalue weighted by atomic mass is 16.5. The molecule has 2 rings (SSSR count). The Kier molecular flexibility index (Phi) is 4.83.